The maximum absolute atomic E-state index is 11.0. The molecule has 4 nitrogen and oxygen atoms in total. The first-order valence-electron chi connectivity index (χ1n) is 6.36. The van der Waals surface area contributed by atoms with Gasteiger partial charge in [-0.2, -0.15) is 0 Å². The number of imidazole rings is 1. The molecule has 0 saturated heterocycles. The zero-order valence-electron chi connectivity index (χ0n) is 10.8. The molecule has 1 aliphatic carbocycles. The SMILES string of the molecule is CC(=O)Nc1ccc2c(c1)ncn2C1=CCCC=C1. The fraction of sp³-hybridized carbons (Fsp3) is 0.200. The maximum Gasteiger partial charge on any atom is 0.221 e. The highest BCUT2D eigenvalue weighted by Crippen LogP contribution is 2.23. The summed E-state index contributed by atoms with van der Waals surface area (Å²) in [5.41, 5.74) is 3.86. The molecular weight excluding hydrogens is 238 g/mol. The number of hydrogen-bond acceptors (Lipinski definition) is 2. The Morgan fingerprint density at radius 2 is 2.26 bits per heavy atom. The first-order valence-corrected chi connectivity index (χ1v) is 6.36. The van der Waals surface area contributed by atoms with Crippen LogP contribution in [0.15, 0.2) is 42.8 Å². The third-order valence-corrected chi connectivity index (χ3v) is 3.12. The van der Waals surface area contributed by atoms with Crippen molar-refractivity contribution in [3.63, 3.8) is 0 Å². The molecule has 0 fully saturated rings. The van der Waals surface area contributed by atoms with Gasteiger partial charge in [-0.15, -0.1) is 0 Å². The molecule has 0 aliphatic heterocycles. The number of carbonyl (C=O) groups excluding carboxylic acids is 1. The summed E-state index contributed by atoms with van der Waals surface area (Å²) >= 11 is 0. The van der Waals surface area contributed by atoms with Crippen molar-refractivity contribution in [3.8, 4) is 0 Å². The second-order valence-electron chi connectivity index (χ2n) is 4.61. The summed E-state index contributed by atoms with van der Waals surface area (Å²) in [6.07, 6.45) is 10.5. The van der Waals surface area contributed by atoms with E-state index in [1.54, 1.807) is 0 Å². The molecule has 3 rings (SSSR count). The number of nitrogens with one attached hydrogen (secondary N) is 1. The smallest absolute Gasteiger partial charge is 0.221 e. The molecule has 0 radical (unpaired) electrons. The average Bonchev–Trinajstić information content (AvgIpc) is 2.82. The van der Waals surface area contributed by atoms with Crippen molar-refractivity contribution in [2.45, 2.75) is 19.8 Å². The van der Waals surface area contributed by atoms with Gasteiger partial charge in [0.15, 0.2) is 0 Å². The minimum absolute atomic E-state index is 0.0725. The Balaban J connectivity index is 2.02. The molecule has 1 aromatic heterocycles. The number of anilines is 1. The third kappa shape index (κ3) is 2.29. The molecule has 19 heavy (non-hydrogen) atoms. The summed E-state index contributed by atoms with van der Waals surface area (Å²) < 4.78 is 2.07. The molecule has 4 heteroatoms. The lowest BCUT2D eigenvalue weighted by Crippen LogP contribution is -2.05. The molecular formula is C15H15N3O. The fourth-order valence-corrected chi connectivity index (χ4v) is 2.28. The van der Waals surface area contributed by atoms with Crippen molar-refractivity contribution in [2.24, 2.45) is 0 Å². The molecule has 1 aliphatic rings. The molecule has 1 heterocycles. The molecule has 0 unspecified atom stereocenters. The van der Waals surface area contributed by atoms with Crippen molar-refractivity contribution in [3.05, 3.63) is 42.8 Å². The van der Waals surface area contributed by atoms with Gasteiger partial charge in [-0.05, 0) is 37.1 Å². The number of carbonyl (C=O) groups is 1. The fourth-order valence-electron chi connectivity index (χ4n) is 2.28. The van der Waals surface area contributed by atoms with E-state index in [0.717, 1.165) is 35.3 Å². The van der Waals surface area contributed by atoms with Crippen LogP contribution in [0.3, 0.4) is 0 Å². The third-order valence-electron chi connectivity index (χ3n) is 3.12. The lowest BCUT2D eigenvalue weighted by atomic mass is 10.1. The lowest BCUT2D eigenvalue weighted by molar-refractivity contribution is -0.114. The second kappa shape index (κ2) is 4.72. The zero-order chi connectivity index (χ0) is 13.2. The van der Waals surface area contributed by atoms with Gasteiger partial charge in [0.1, 0.15) is 6.33 Å². The molecule has 1 aromatic carbocycles. The van der Waals surface area contributed by atoms with E-state index in [-0.39, 0.29) is 5.91 Å². The summed E-state index contributed by atoms with van der Waals surface area (Å²) in [6, 6.07) is 5.77. The zero-order valence-corrected chi connectivity index (χ0v) is 10.8. The van der Waals surface area contributed by atoms with E-state index in [1.165, 1.54) is 6.92 Å². The summed E-state index contributed by atoms with van der Waals surface area (Å²) in [6.45, 7) is 1.50. The van der Waals surface area contributed by atoms with Gasteiger partial charge in [0.25, 0.3) is 0 Å². The highest BCUT2D eigenvalue weighted by molar-refractivity contribution is 5.92. The number of rotatable bonds is 2. The molecule has 0 spiro atoms. The van der Waals surface area contributed by atoms with E-state index >= 15 is 0 Å². The van der Waals surface area contributed by atoms with Crippen molar-refractivity contribution < 1.29 is 4.79 Å². The van der Waals surface area contributed by atoms with Crippen LogP contribution >= 0.6 is 0 Å². The lowest BCUT2D eigenvalue weighted by Gasteiger charge is -2.09. The maximum atomic E-state index is 11.0. The van der Waals surface area contributed by atoms with Gasteiger partial charge >= 0.3 is 0 Å². The van der Waals surface area contributed by atoms with Crippen molar-refractivity contribution >= 4 is 28.3 Å². The summed E-state index contributed by atoms with van der Waals surface area (Å²) in [5.74, 6) is -0.0725. The average molecular weight is 253 g/mol. The first-order chi connectivity index (χ1) is 9.24. The summed E-state index contributed by atoms with van der Waals surface area (Å²) in [5, 5.41) is 2.77. The highest BCUT2D eigenvalue weighted by Gasteiger charge is 2.07. The Kier molecular flexibility index (Phi) is 2.91. The topological polar surface area (TPSA) is 46.9 Å². The monoisotopic (exact) mass is 253 g/mol. The molecule has 1 amide bonds. The van der Waals surface area contributed by atoms with Gasteiger partial charge in [-0.1, -0.05) is 12.2 Å². The van der Waals surface area contributed by atoms with E-state index in [4.69, 9.17) is 0 Å². The van der Waals surface area contributed by atoms with Gasteiger partial charge in [-0.3, -0.25) is 9.36 Å². The van der Waals surface area contributed by atoms with E-state index in [0.29, 0.717) is 0 Å². The van der Waals surface area contributed by atoms with Crippen LogP contribution in [0, 0.1) is 0 Å². The van der Waals surface area contributed by atoms with Crippen molar-refractivity contribution in [1.29, 1.82) is 0 Å². The largest absolute Gasteiger partial charge is 0.326 e. The van der Waals surface area contributed by atoms with Crippen molar-refractivity contribution in [2.75, 3.05) is 5.32 Å². The van der Waals surface area contributed by atoms with E-state index in [9.17, 15) is 4.79 Å². The van der Waals surface area contributed by atoms with Crippen LogP contribution in [-0.2, 0) is 4.79 Å². The van der Waals surface area contributed by atoms with E-state index in [2.05, 4.69) is 33.1 Å². The van der Waals surface area contributed by atoms with Crippen LogP contribution < -0.4 is 5.32 Å². The highest BCUT2D eigenvalue weighted by atomic mass is 16.1. The Labute approximate surface area is 111 Å². The number of allylic oxidation sites excluding steroid dienone is 4. The molecule has 0 atom stereocenters. The van der Waals surface area contributed by atoms with Gasteiger partial charge in [0.05, 0.1) is 11.0 Å². The number of amides is 1. The van der Waals surface area contributed by atoms with Crippen LogP contribution in [0.5, 0.6) is 0 Å². The minimum atomic E-state index is -0.0725. The summed E-state index contributed by atoms with van der Waals surface area (Å²) in [7, 11) is 0. The van der Waals surface area contributed by atoms with Gasteiger partial charge < -0.3 is 5.32 Å². The number of aromatic nitrogens is 2. The number of hydrogen-bond donors (Lipinski definition) is 1. The molecule has 0 bridgehead atoms. The van der Waals surface area contributed by atoms with Gasteiger partial charge in [0, 0.05) is 18.3 Å². The Bertz CT molecular complexity index is 694. The van der Waals surface area contributed by atoms with Crippen LogP contribution in [-0.4, -0.2) is 15.5 Å². The van der Waals surface area contributed by atoms with Crippen LogP contribution in [0.2, 0.25) is 0 Å². The van der Waals surface area contributed by atoms with E-state index < -0.39 is 0 Å². The normalized spacial score (nSPS) is 14.5. The van der Waals surface area contributed by atoms with Gasteiger partial charge in [-0.25, -0.2) is 4.98 Å². The van der Waals surface area contributed by atoms with Gasteiger partial charge in [0.2, 0.25) is 5.91 Å². The first kappa shape index (κ1) is 11.7. The second-order valence-corrected chi connectivity index (χ2v) is 4.61. The molecule has 96 valence electrons. The van der Waals surface area contributed by atoms with Crippen LogP contribution in [0.25, 0.3) is 16.7 Å². The Morgan fingerprint density at radius 1 is 1.37 bits per heavy atom. The quantitative estimate of drug-likeness (QED) is 0.893. The number of benzene rings is 1. The number of nitrogens with zero attached hydrogens (tertiary/aromatic N) is 2. The Morgan fingerprint density at radius 3 is 3.00 bits per heavy atom. The predicted molar refractivity (Wildman–Crippen MR) is 76.7 cm³/mol. The molecule has 1 N–H and O–H groups in total. The molecule has 0 saturated carbocycles. The van der Waals surface area contributed by atoms with Crippen LogP contribution in [0.1, 0.15) is 19.8 Å². The standard InChI is InChI=1S/C15H15N3O/c1-11(19)17-12-7-8-15-14(9-12)16-10-18(15)13-5-3-2-4-6-13/h3,5-10H,2,4H2,1H3,(H,17,19). The van der Waals surface area contributed by atoms with Crippen LogP contribution in [0.4, 0.5) is 5.69 Å². The number of fused-ring (bicyclic) bond motifs is 1. The van der Waals surface area contributed by atoms with E-state index in [1.807, 2.05) is 24.5 Å². The van der Waals surface area contributed by atoms with Crippen molar-refractivity contribution in [1.82, 2.24) is 9.55 Å². The molecule has 2 aromatic rings. The minimum Gasteiger partial charge on any atom is -0.326 e. The predicted octanol–water partition coefficient (Wildman–Crippen LogP) is 3.19. The Hall–Kier alpha value is -2.36. The summed E-state index contributed by atoms with van der Waals surface area (Å²) in [4.78, 5) is 15.4.